The fourth-order valence-corrected chi connectivity index (χ4v) is 5.44. The van der Waals surface area contributed by atoms with Crippen LogP contribution in [-0.4, -0.2) is 44.4 Å². The van der Waals surface area contributed by atoms with E-state index in [1.165, 1.54) is 29.2 Å². The lowest BCUT2D eigenvalue weighted by Crippen LogP contribution is -2.53. The lowest BCUT2D eigenvalue weighted by molar-refractivity contribution is 0.348. The van der Waals surface area contributed by atoms with Crippen LogP contribution in [0, 0.1) is 12.7 Å². The number of benzene rings is 2. The van der Waals surface area contributed by atoms with Crippen molar-refractivity contribution in [2.45, 2.75) is 19.8 Å². The Morgan fingerprint density at radius 3 is 2.76 bits per heavy atom. The normalized spacial score (nSPS) is 17.5. The highest BCUT2D eigenvalue weighted by atomic mass is 32.1. The van der Waals surface area contributed by atoms with E-state index in [9.17, 15) is 4.39 Å². The summed E-state index contributed by atoms with van der Waals surface area (Å²) in [6, 6.07) is 11.0. The summed E-state index contributed by atoms with van der Waals surface area (Å²) in [5.41, 5.74) is 5.46. The Morgan fingerprint density at radius 1 is 1.06 bits per heavy atom. The summed E-state index contributed by atoms with van der Waals surface area (Å²) in [6.45, 7) is 4.41. The molecule has 2 aromatic carbocycles. The molecular weight excluding hydrogens is 435 g/mol. The molecule has 166 valence electrons. The summed E-state index contributed by atoms with van der Waals surface area (Å²) in [5, 5.41) is 5.61. The van der Waals surface area contributed by atoms with Gasteiger partial charge in [0.05, 0.1) is 41.2 Å². The van der Waals surface area contributed by atoms with Gasteiger partial charge in [0.15, 0.2) is 0 Å². The number of imidazole rings is 1. The second-order valence-electron chi connectivity index (χ2n) is 8.37. The van der Waals surface area contributed by atoms with Gasteiger partial charge in [-0.2, -0.15) is 4.37 Å². The van der Waals surface area contributed by atoms with Crippen LogP contribution in [0.1, 0.15) is 24.1 Å². The number of fused-ring (bicyclic) bond motifs is 2. The summed E-state index contributed by atoms with van der Waals surface area (Å²) in [7, 11) is 0. The fraction of sp³-hybridized carbons (Fsp3) is 0.240. The molecule has 2 aliphatic heterocycles. The average Bonchev–Trinajstić information content (AvgIpc) is 3.49. The number of amidine groups is 1. The van der Waals surface area contributed by atoms with Crippen LogP contribution in [0.15, 0.2) is 65.7 Å². The van der Waals surface area contributed by atoms with E-state index >= 15 is 0 Å². The Hall–Kier alpha value is -3.52. The van der Waals surface area contributed by atoms with Gasteiger partial charge in [0, 0.05) is 24.3 Å². The molecule has 0 atom stereocenters. The van der Waals surface area contributed by atoms with Gasteiger partial charge in [-0.3, -0.25) is 15.0 Å². The molecule has 0 bridgehead atoms. The maximum atomic E-state index is 13.5. The molecular formula is C25H23FN6S. The van der Waals surface area contributed by atoms with E-state index < -0.39 is 0 Å². The first-order chi connectivity index (χ1) is 16.2. The fourth-order valence-electron chi connectivity index (χ4n) is 4.64. The molecule has 0 spiro atoms. The summed E-state index contributed by atoms with van der Waals surface area (Å²) >= 11 is 1.51. The van der Waals surface area contributed by atoms with Gasteiger partial charge < -0.3 is 4.57 Å². The Labute approximate surface area is 195 Å². The van der Waals surface area contributed by atoms with E-state index in [0.717, 1.165) is 71.0 Å². The number of aliphatic imine (C=N–C) groups is 1. The maximum absolute atomic E-state index is 13.5. The quantitative estimate of drug-likeness (QED) is 0.421. The number of hydrogen-bond acceptors (Lipinski definition) is 6. The van der Waals surface area contributed by atoms with E-state index in [1.807, 2.05) is 37.8 Å². The molecule has 1 fully saturated rings. The van der Waals surface area contributed by atoms with Crippen molar-refractivity contribution in [2.24, 2.45) is 4.99 Å². The molecule has 8 heteroatoms. The number of piperidine rings is 1. The van der Waals surface area contributed by atoms with Crippen molar-refractivity contribution >= 4 is 39.2 Å². The number of hydrogen-bond donors (Lipinski definition) is 0. The molecule has 1 saturated heterocycles. The molecule has 2 aromatic heterocycles. The van der Waals surface area contributed by atoms with Crippen LogP contribution in [0.2, 0.25) is 0 Å². The molecule has 0 amide bonds. The molecule has 0 saturated carbocycles. The van der Waals surface area contributed by atoms with Crippen molar-refractivity contribution in [1.29, 1.82) is 0 Å². The second kappa shape index (κ2) is 8.12. The number of aryl methyl sites for hydroxylation is 1. The number of nitrogens with zero attached hydrogens (tertiary/aromatic N) is 6. The summed E-state index contributed by atoms with van der Waals surface area (Å²) in [6.07, 6.45) is 10.1. The zero-order chi connectivity index (χ0) is 22.4. The molecule has 6 nitrogen and oxygen atoms in total. The summed E-state index contributed by atoms with van der Waals surface area (Å²) in [5.74, 6) is 0.800. The van der Waals surface area contributed by atoms with Crippen LogP contribution >= 0.6 is 11.5 Å². The minimum absolute atomic E-state index is 0.216. The molecule has 6 rings (SSSR count). The van der Waals surface area contributed by atoms with Gasteiger partial charge in [0.2, 0.25) is 0 Å². The first-order valence-corrected chi connectivity index (χ1v) is 11.9. The van der Waals surface area contributed by atoms with Gasteiger partial charge in [-0.15, -0.1) is 0 Å². The van der Waals surface area contributed by atoms with Crippen LogP contribution in [0.5, 0.6) is 0 Å². The van der Waals surface area contributed by atoms with E-state index in [-0.39, 0.29) is 5.82 Å². The minimum Gasteiger partial charge on any atom is -0.305 e. The topological polar surface area (TPSA) is 49.6 Å². The van der Waals surface area contributed by atoms with Crippen LogP contribution in [0.4, 0.5) is 10.1 Å². The van der Waals surface area contributed by atoms with Crippen LogP contribution < -0.4 is 5.01 Å². The highest BCUT2D eigenvalue weighted by Crippen LogP contribution is 2.33. The number of halogens is 1. The van der Waals surface area contributed by atoms with Crippen LogP contribution in [0.3, 0.4) is 0 Å². The molecule has 0 N–H and O–H groups in total. The third kappa shape index (κ3) is 3.60. The van der Waals surface area contributed by atoms with Crippen molar-refractivity contribution in [3.05, 3.63) is 77.8 Å². The molecule has 0 radical (unpaired) electrons. The number of rotatable bonds is 3. The predicted octanol–water partition coefficient (Wildman–Crippen LogP) is 5.24. The van der Waals surface area contributed by atoms with Gasteiger partial charge in [-0.05, 0) is 78.8 Å². The Morgan fingerprint density at radius 2 is 1.94 bits per heavy atom. The van der Waals surface area contributed by atoms with Crippen molar-refractivity contribution in [3.8, 4) is 5.69 Å². The minimum atomic E-state index is -0.216. The molecule has 0 aliphatic carbocycles. The van der Waals surface area contributed by atoms with E-state index in [2.05, 4.69) is 42.2 Å². The van der Waals surface area contributed by atoms with Crippen molar-refractivity contribution in [1.82, 2.24) is 18.9 Å². The largest absolute Gasteiger partial charge is 0.305 e. The Kier molecular flexibility index (Phi) is 4.95. The van der Waals surface area contributed by atoms with Gasteiger partial charge in [0.1, 0.15) is 11.7 Å². The Bertz CT molecular complexity index is 1380. The maximum Gasteiger partial charge on any atom is 0.145 e. The smallest absolute Gasteiger partial charge is 0.145 e. The van der Waals surface area contributed by atoms with Crippen LogP contribution in [-0.2, 0) is 0 Å². The van der Waals surface area contributed by atoms with Crippen molar-refractivity contribution in [2.75, 3.05) is 24.6 Å². The SMILES string of the molecule is Cc1cn(-c2ccc(/C=C3\CCCN4C3=NCCN4c3ccc(F)cc3)c3cnsc23)cn1. The Balaban J connectivity index is 1.37. The second-order valence-corrected chi connectivity index (χ2v) is 9.17. The summed E-state index contributed by atoms with van der Waals surface area (Å²) in [4.78, 5) is 9.26. The lowest BCUT2D eigenvalue weighted by Gasteiger charge is -2.44. The van der Waals surface area contributed by atoms with Gasteiger partial charge in [-0.25, -0.2) is 9.37 Å². The molecule has 4 heterocycles. The zero-order valence-corrected chi connectivity index (χ0v) is 19.1. The molecule has 0 unspecified atom stereocenters. The highest BCUT2D eigenvalue weighted by molar-refractivity contribution is 7.13. The standard InChI is InChI=1S/C25H23FN6S/c1-17-15-30(16-28-17)23-9-4-18(22-14-29-33-24(22)23)13-19-3-2-11-32-25(19)27-10-12-31(32)21-7-5-20(26)6-8-21/h4-9,13-16H,2-3,10-12H2,1H3/b19-13+. The highest BCUT2D eigenvalue weighted by Gasteiger charge is 2.29. The van der Waals surface area contributed by atoms with Crippen molar-refractivity contribution < 1.29 is 4.39 Å². The zero-order valence-electron chi connectivity index (χ0n) is 18.3. The average molecular weight is 459 g/mol. The number of anilines is 1. The third-order valence-electron chi connectivity index (χ3n) is 6.19. The third-order valence-corrected chi connectivity index (χ3v) is 7.01. The molecule has 2 aliphatic rings. The van der Waals surface area contributed by atoms with Crippen molar-refractivity contribution in [3.63, 3.8) is 0 Å². The lowest BCUT2D eigenvalue weighted by atomic mass is 9.99. The first-order valence-electron chi connectivity index (χ1n) is 11.1. The van der Waals surface area contributed by atoms with Gasteiger partial charge in [0.25, 0.3) is 0 Å². The number of aromatic nitrogens is 3. The summed E-state index contributed by atoms with van der Waals surface area (Å²) < 4.78 is 21.1. The first kappa shape index (κ1) is 20.1. The molecule has 4 aromatic rings. The predicted molar refractivity (Wildman–Crippen MR) is 131 cm³/mol. The number of hydrazine groups is 1. The van der Waals surface area contributed by atoms with Gasteiger partial charge in [-0.1, -0.05) is 6.07 Å². The van der Waals surface area contributed by atoms with Crippen LogP contribution in [0.25, 0.3) is 21.8 Å². The van der Waals surface area contributed by atoms with E-state index in [0.29, 0.717) is 0 Å². The van der Waals surface area contributed by atoms with Gasteiger partial charge >= 0.3 is 0 Å². The monoisotopic (exact) mass is 458 g/mol. The van der Waals surface area contributed by atoms with E-state index in [4.69, 9.17) is 4.99 Å². The van der Waals surface area contributed by atoms with E-state index in [1.54, 1.807) is 0 Å². The molecule has 33 heavy (non-hydrogen) atoms.